The molecule has 0 aliphatic carbocycles. The van der Waals surface area contributed by atoms with Gasteiger partial charge < -0.3 is 15.1 Å². The fourth-order valence-corrected chi connectivity index (χ4v) is 2.27. The molecule has 2 N–H and O–H groups in total. The molecule has 0 spiro atoms. The Labute approximate surface area is 139 Å². The van der Waals surface area contributed by atoms with Crippen LogP contribution < -0.4 is 10.6 Å². The molecular weight excluding hydrogens is 286 g/mol. The van der Waals surface area contributed by atoms with Gasteiger partial charge in [-0.15, -0.1) is 0 Å². The minimum atomic E-state index is 0.685. The Morgan fingerprint density at radius 3 is 2.57 bits per heavy atom. The van der Waals surface area contributed by atoms with Crippen molar-refractivity contribution in [2.75, 3.05) is 13.1 Å². The first-order chi connectivity index (χ1) is 11.4. The van der Waals surface area contributed by atoms with E-state index in [4.69, 9.17) is 4.42 Å². The molecule has 2 rings (SSSR count). The van der Waals surface area contributed by atoms with Crippen molar-refractivity contribution >= 4 is 5.96 Å². The van der Waals surface area contributed by atoms with Gasteiger partial charge in [-0.2, -0.15) is 0 Å². The van der Waals surface area contributed by atoms with Crippen molar-refractivity contribution in [3.8, 4) is 0 Å². The normalized spacial score (nSPS) is 11.4. The lowest BCUT2D eigenvalue weighted by Crippen LogP contribution is -2.39. The fraction of sp³-hybridized carbons (Fsp3) is 0.421. The number of unbranched alkanes of at least 4 members (excludes halogenated alkanes) is 2. The van der Waals surface area contributed by atoms with Gasteiger partial charge in [-0.05, 0) is 24.1 Å². The van der Waals surface area contributed by atoms with Crippen LogP contribution in [0.15, 0.2) is 58.1 Å². The number of guanidine groups is 1. The van der Waals surface area contributed by atoms with E-state index in [2.05, 4.69) is 34.7 Å². The number of nitrogens with zero attached hydrogens (tertiary/aromatic N) is 1. The molecule has 124 valence electrons. The van der Waals surface area contributed by atoms with E-state index in [9.17, 15) is 0 Å². The first-order valence-electron chi connectivity index (χ1n) is 8.47. The summed E-state index contributed by atoms with van der Waals surface area (Å²) in [6.45, 7) is 4.66. The van der Waals surface area contributed by atoms with Crippen molar-refractivity contribution in [1.82, 2.24) is 10.6 Å². The van der Waals surface area contributed by atoms with Crippen LogP contribution in [0.4, 0.5) is 0 Å². The summed E-state index contributed by atoms with van der Waals surface area (Å²) in [6, 6.07) is 14.2. The quantitative estimate of drug-likeness (QED) is 0.421. The summed E-state index contributed by atoms with van der Waals surface area (Å²) < 4.78 is 5.36. The third-order valence-corrected chi connectivity index (χ3v) is 3.58. The van der Waals surface area contributed by atoms with E-state index in [1.54, 1.807) is 6.26 Å². The average Bonchev–Trinajstić information content (AvgIpc) is 3.10. The molecule has 0 bridgehead atoms. The van der Waals surface area contributed by atoms with Crippen molar-refractivity contribution < 1.29 is 4.42 Å². The largest absolute Gasteiger partial charge is 0.469 e. The Morgan fingerprint density at radius 2 is 1.83 bits per heavy atom. The lowest BCUT2D eigenvalue weighted by atomic mass is 10.2. The Kier molecular flexibility index (Phi) is 7.81. The van der Waals surface area contributed by atoms with Gasteiger partial charge in [0, 0.05) is 19.5 Å². The van der Waals surface area contributed by atoms with E-state index in [0.717, 1.165) is 31.2 Å². The topological polar surface area (TPSA) is 49.6 Å². The zero-order valence-corrected chi connectivity index (χ0v) is 13.9. The van der Waals surface area contributed by atoms with E-state index >= 15 is 0 Å². The number of aliphatic imine (C=N–C) groups is 1. The smallest absolute Gasteiger partial charge is 0.191 e. The zero-order valence-electron chi connectivity index (χ0n) is 13.9. The Balaban J connectivity index is 1.82. The van der Waals surface area contributed by atoms with Crippen molar-refractivity contribution in [3.63, 3.8) is 0 Å². The summed E-state index contributed by atoms with van der Waals surface area (Å²) in [5, 5.41) is 6.80. The second kappa shape index (κ2) is 10.5. The summed E-state index contributed by atoms with van der Waals surface area (Å²) in [5.41, 5.74) is 1.22. The molecule has 4 nitrogen and oxygen atoms in total. The number of hydrogen-bond donors (Lipinski definition) is 2. The van der Waals surface area contributed by atoms with Gasteiger partial charge in [-0.1, -0.05) is 50.1 Å². The van der Waals surface area contributed by atoms with E-state index in [-0.39, 0.29) is 0 Å². The van der Waals surface area contributed by atoms with E-state index in [1.807, 2.05) is 30.3 Å². The molecule has 1 heterocycles. The molecule has 0 saturated heterocycles. The molecule has 23 heavy (non-hydrogen) atoms. The van der Waals surface area contributed by atoms with Gasteiger partial charge in [0.2, 0.25) is 0 Å². The highest BCUT2D eigenvalue weighted by Crippen LogP contribution is 2.01. The molecule has 0 aliphatic rings. The van der Waals surface area contributed by atoms with Crippen molar-refractivity contribution in [2.45, 2.75) is 39.2 Å². The predicted octanol–water partition coefficient (Wildman–Crippen LogP) is 3.75. The van der Waals surface area contributed by atoms with Crippen LogP contribution in [-0.4, -0.2) is 19.0 Å². The second-order valence-corrected chi connectivity index (χ2v) is 5.54. The first kappa shape index (κ1) is 17.1. The monoisotopic (exact) mass is 313 g/mol. The van der Waals surface area contributed by atoms with Crippen LogP contribution in [0, 0.1) is 0 Å². The SMILES string of the molecule is CCCCCNC(=NCc1ccccc1)NCCc1ccco1. The standard InChI is InChI=1S/C19H27N3O/c1-2-3-7-13-20-19(21-14-12-18-11-8-15-23-18)22-16-17-9-5-4-6-10-17/h4-6,8-11,15H,2-3,7,12-14,16H2,1H3,(H2,20,21,22). The molecule has 0 saturated carbocycles. The highest BCUT2D eigenvalue weighted by molar-refractivity contribution is 5.79. The lowest BCUT2D eigenvalue weighted by molar-refractivity contribution is 0.506. The van der Waals surface area contributed by atoms with E-state index < -0.39 is 0 Å². The molecule has 0 amide bonds. The summed E-state index contributed by atoms with van der Waals surface area (Å²) in [5.74, 6) is 1.86. The minimum Gasteiger partial charge on any atom is -0.469 e. The molecular formula is C19H27N3O. The maximum atomic E-state index is 5.36. The van der Waals surface area contributed by atoms with Gasteiger partial charge >= 0.3 is 0 Å². The lowest BCUT2D eigenvalue weighted by Gasteiger charge is -2.12. The first-order valence-corrected chi connectivity index (χ1v) is 8.47. The molecule has 0 aliphatic heterocycles. The maximum Gasteiger partial charge on any atom is 0.191 e. The number of rotatable bonds is 9. The van der Waals surface area contributed by atoms with Crippen LogP contribution in [0.5, 0.6) is 0 Å². The van der Waals surface area contributed by atoms with Crippen LogP contribution in [-0.2, 0) is 13.0 Å². The van der Waals surface area contributed by atoms with Crippen LogP contribution in [0.2, 0.25) is 0 Å². The molecule has 0 atom stereocenters. The third kappa shape index (κ3) is 7.04. The number of benzene rings is 1. The van der Waals surface area contributed by atoms with E-state index in [0.29, 0.717) is 6.54 Å². The molecule has 4 heteroatoms. The Bertz CT molecular complexity index is 549. The molecule has 0 radical (unpaired) electrons. The number of nitrogens with one attached hydrogen (secondary N) is 2. The predicted molar refractivity (Wildman–Crippen MR) is 95.5 cm³/mol. The van der Waals surface area contributed by atoms with Crippen LogP contribution in [0.25, 0.3) is 0 Å². The molecule has 1 aromatic carbocycles. The van der Waals surface area contributed by atoms with Gasteiger partial charge in [0.25, 0.3) is 0 Å². The molecule has 2 aromatic rings. The van der Waals surface area contributed by atoms with Gasteiger partial charge in [-0.3, -0.25) is 0 Å². The van der Waals surface area contributed by atoms with Gasteiger partial charge in [-0.25, -0.2) is 4.99 Å². The Morgan fingerprint density at radius 1 is 1.00 bits per heavy atom. The molecule has 0 unspecified atom stereocenters. The highest BCUT2D eigenvalue weighted by atomic mass is 16.3. The van der Waals surface area contributed by atoms with Crippen molar-refractivity contribution in [2.24, 2.45) is 4.99 Å². The van der Waals surface area contributed by atoms with Crippen molar-refractivity contribution in [1.29, 1.82) is 0 Å². The van der Waals surface area contributed by atoms with Crippen LogP contribution in [0.1, 0.15) is 37.5 Å². The summed E-state index contributed by atoms with van der Waals surface area (Å²) >= 11 is 0. The highest BCUT2D eigenvalue weighted by Gasteiger charge is 2.00. The second-order valence-electron chi connectivity index (χ2n) is 5.54. The zero-order chi connectivity index (χ0) is 16.2. The van der Waals surface area contributed by atoms with Crippen molar-refractivity contribution in [3.05, 3.63) is 60.1 Å². The molecule has 0 fully saturated rings. The van der Waals surface area contributed by atoms with Gasteiger partial charge in [0.05, 0.1) is 12.8 Å². The number of furan rings is 1. The third-order valence-electron chi connectivity index (χ3n) is 3.58. The summed E-state index contributed by atoms with van der Waals surface area (Å²) in [7, 11) is 0. The maximum absolute atomic E-state index is 5.36. The minimum absolute atomic E-state index is 0.685. The molecule has 1 aromatic heterocycles. The fourth-order valence-electron chi connectivity index (χ4n) is 2.27. The van der Waals surface area contributed by atoms with Crippen LogP contribution >= 0.6 is 0 Å². The summed E-state index contributed by atoms with van der Waals surface area (Å²) in [6.07, 6.45) is 6.20. The Hall–Kier alpha value is -2.23. The van der Waals surface area contributed by atoms with Gasteiger partial charge in [0.1, 0.15) is 5.76 Å². The van der Waals surface area contributed by atoms with E-state index in [1.165, 1.54) is 24.8 Å². The van der Waals surface area contributed by atoms with Crippen LogP contribution in [0.3, 0.4) is 0 Å². The average molecular weight is 313 g/mol. The van der Waals surface area contributed by atoms with Gasteiger partial charge in [0.15, 0.2) is 5.96 Å². The summed E-state index contributed by atoms with van der Waals surface area (Å²) in [4.78, 5) is 4.67. The number of hydrogen-bond acceptors (Lipinski definition) is 2.